The number of hydroxylamine groups is 3. The molecule has 2 heterocycles. The molecule has 0 spiro atoms. The minimum atomic E-state index is -1.80. The minimum absolute atomic E-state index is 0.167. The molecule has 0 aromatic heterocycles. The molecule has 2 rings (SSSR count). The maximum atomic E-state index is 12.6. The van der Waals surface area contributed by atoms with Gasteiger partial charge in [0.1, 0.15) is 6.54 Å². The summed E-state index contributed by atoms with van der Waals surface area (Å²) in [5.41, 5.74) is 0. The maximum Gasteiger partial charge on any atom is 0.375 e. The number of carbonyl (C=O) groups excluding carboxylic acids is 3. The number of hydrogen-bond acceptors (Lipinski definition) is 9. The fourth-order valence-corrected chi connectivity index (χ4v) is 3.28. The highest BCUT2D eigenvalue weighted by molar-refractivity contribution is 6.01. The Morgan fingerprint density at radius 1 is 0.793 bits per heavy atom. The van der Waals surface area contributed by atoms with E-state index in [4.69, 9.17) is 19.2 Å². The molecule has 2 aliphatic heterocycles. The molecule has 3 amide bonds. The zero-order valence-electron chi connectivity index (χ0n) is 16.4. The summed E-state index contributed by atoms with van der Waals surface area (Å²) in [7, 11) is 11.8. The molecular weight excluding hydrogens is 382 g/mol. The van der Waals surface area contributed by atoms with E-state index in [1.54, 1.807) is 19.6 Å². The van der Waals surface area contributed by atoms with Crippen LogP contribution >= 0.6 is 0 Å². The average molecular weight is 410 g/mol. The Labute approximate surface area is 170 Å². The van der Waals surface area contributed by atoms with Gasteiger partial charge in [-0.05, 0) is 0 Å². The highest BCUT2D eigenvalue weighted by Gasteiger charge is 2.56. The lowest BCUT2D eigenvalue weighted by molar-refractivity contribution is -0.905. The van der Waals surface area contributed by atoms with Crippen LogP contribution in [0.4, 0.5) is 0 Å². The summed E-state index contributed by atoms with van der Waals surface area (Å²) in [6.07, 6.45) is -0.334. The summed E-state index contributed by atoms with van der Waals surface area (Å²) in [6, 6.07) is 0. The number of carboxylic acids is 1. The first-order chi connectivity index (χ1) is 13.6. The summed E-state index contributed by atoms with van der Waals surface area (Å²) in [6.45, 7) is 2.62. The van der Waals surface area contributed by atoms with Gasteiger partial charge in [-0.1, -0.05) is 0 Å². The molecule has 0 saturated carbocycles. The molecule has 2 N–H and O–H groups in total. The number of amides is 3. The fourth-order valence-electron chi connectivity index (χ4n) is 3.28. The second-order valence-corrected chi connectivity index (χ2v) is 7.33. The van der Waals surface area contributed by atoms with Crippen LogP contribution in [0.1, 0.15) is 12.8 Å². The van der Waals surface area contributed by atoms with Crippen LogP contribution in [0.5, 0.6) is 0 Å². The van der Waals surface area contributed by atoms with Gasteiger partial charge in [-0.3, -0.25) is 24.4 Å². The van der Waals surface area contributed by atoms with Crippen LogP contribution in [0.2, 0.25) is 0 Å². The topological polar surface area (TPSA) is 122 Å². The third kappa shape index (κ3) is 6.36. The van der Waals surface area contributed by atoms with Crippen molar-refractivity contribution in [2.45, 2.75) is 12.8 Å². The molecular formula is C18H28N5O6+. The van der Waals surface area contributed by atoms with Crippen molar-refractivity contribution in [2.24, 2.45) is 0 Å². The Morgan fingerprint density at radius 2 is 1.17 bits per heavy atom. The van der Waals surface area contributed by atoms with Crippen LogP contribution in [0.25, 0.3) is 0 Å². The van der Waals surface area contributed by atoms with Crippen molar-refractivity contribution in [1.29, 1.82) is 0 Å². The van der Waals surface area contributed by atoms with Crippen molar-refractivity contribution in [3.63, 3.8) is 0 Å². The Balaban J connectivity index is 2.08. The standard InChI is InChI=1S/C18H27N5O6/c1-19-5-6-20(2)8-10-22(14-18(27)28)12-11-21(9-7-19)13-17(26)23(29)15(24)3-4-16(23)25/h1-2,29H,3-14H2/p+1. The number of quaternary nitrogens is 1. The molecule has 160 valence electrons. The van der Waals surface area contributed by atoms with Gasteiger partial charge in [-0.15, -0.1) is 0 Å². The number of imide groups is 3. The molecule has 0 aromatic rings. The molecule has 0 atom stereocenters. The molecule has 4 radical (unpaired) electrons. The third-order valence-corrected chi connectivity index (χ3v) is 5.17. The Kier molecular flexibility index (Phi) is 8.37. The quantitative estimate of drug-likeness (QED) is 0.312. The van der Waals surface area contributed by atoms with E-state index in [0.717, 1.165) is 0 Å². The predicted octanol–water partition coefficient (Wildman–Crippen LogP) is -1.79. The van der Waals surface area contributed by atoms with Gasteiger partial charge in [0.25, 0.3) is 0 Å². The van der Waals surface area contributed by atoms with Crippen LogP contribution in [0.15, 0.2) is 0 Å². The highest BCUT2D eigenvalue weighted by Crippen LogP contribution is 2.20. The van der Waals surface area contributed by atoms with E-state index < -0.39 is 28.3 Å². The van der Waals surface area contributed by atoms with E-state index in [1.165, 1.54) is 0 Å². The first kappa shape index (κ1) is 23.5. The summed E-state index contributed by atoms with van der Waals surface area (Å²) in [5.74, 6) is -3.55. The van der Waals surface area contributed by atoms with Crippen LogP contribution in [-0.4, -0.2) is 124 Å². The van der Waals surface area contributed by atoms with Crippen LogP contribution < -0.4 is 0 Å². The normalized spacial score (nSPS) is 24.2. The minimum Gasteiger partial charge on any atom is -0.480 e. The molecule has 11 heteroatoms. The van der Waals surface area contributed by atoms with E-state index in [-0.39, 0.29) is 25.9 Å². The number of nitrogens with zero attached hydrogens (tertiary/aromatic N) is 5. The number of carboxylic acid groups (broad SMARTS) is 1. The molecule has 0 aliphatic carbocycles. The summed E-state index contributed by atoms with van der Waals surface area (Å²) >= 11 is 0. The second kappa shape index (κ2) is 10.3. The van der Waals surface area contributed by atoms with Crippen molar-refractivity contribution in [1.82, 2.24) is 19.6 Å². The molecule has 29 heavy (non-hydrogen) atoms. The van der Waals surface area contributed by atoms with Crippen molar-refractivity contribution >= 4 is 23.7 Å². The molecule has 11 nitrogen and oxygen atoms in total. The molecule has 2 aliphatic rings. The van der Waals surface area contributed by atoms with Crippen molar-refractivity contribution in [3.8, 4) is 0 Å². The zero-order valence-corrected chi connectivity index (χ0v) is 16.4. The van der Waals surface area contributed by atoms with Gasteiger partial charge in [0, 0.05) is 71.1 Å². The lowest BCUT2D eigenvalue weighted by Gasteiger charge is -2.31. The maximum absolute atomic E-state index is 12.6. The molecule has 2 saturated heterocycles. The molecule has 0 unspecified atom stereocenters. The first-order valence-electron chi connectivity index (χ1n) is 9.50. The Morgan fingerprint density at radius 3 is 1.62 bits per heavy atom. The van der Waals surface area contributed by atoms with Gasteiger partial charge in [-0.25, -0.2) is 14.4 Å². The van der Waals surface area contributed by atoms with Crippen LogP contribution in [0, 0.1) is 14.1 Å². The Bertz CT molecular complexity index is 626. The Hall–Kier alpha value is -1.76. The van der Waals surface area contributed by atoms with Crippen LogP contribution in [0.3, 0.4) is 0 Å². The number of aliphatic carboxylic acids is 1. The lowest BCUT2D eigenvalue weighted by atomic mass is 10.3. The van der Waals surface area contributed by atoms with Gasteiger partial charge in [0.15, 0.2) is 0 Å². The van der Waals surface area contributed by atoms with Gasteiger partial charge in [0.05, 0.1) is 19.4 Å². The summed E-state index contributed by atoms with van der Waals surface area (Å²) < 4.78 is -1.80. The average Bonchev–Trinajstić information content (AvgIpc) is 2.93. The van der Waals surface area contributed by atoms with E-state index in [1.807, 2.05) is 0 Å². The van der Waals surface area contributed by atoms with Crippen molar-refractivity contribution in [2.75, 3.05) is 65.4 Å². The highest BCUT2D eigenvalue weighted by atomic mass is 16.6. The van der Waals surface area contributed by atoms with Crippen molar-refractivity contribution in [3.05, 3.63) is 14.1 Å². The third-order valence-electron chi connectivity index (χ3n) is 5.17. The summed E-state index contributed by atoms with van der Waals surface area (Å²) in [5, 5.41) is 19.4. The SMILES string of the molecule is [CH]N1CCN([CH])CCN(CC(=O)[N+]2(O)C(=O)CCC2=O)CCN(CC(=O)O)CC1. The fraction of sp³-hybridized carbons (Fsp3) is 0.667. The second-order valence-electron chi connectivity index (χ2n) is 7.33. The van der Waals surface area contributed by atoms with Gasteiger partial charge in [0.2, 0.25) is 0 Å². The van der Waals surface area contributed by atoms with E-state index in [9.17, 15) is 24.4 Å². The number of rotatable bonds is 4. The van der Waals surface area contributed by atoms with Gasteiger partial charge in [-0.2, -0.15) is 5.21 Å². The number of carbonyl (C=O) groups is 4. The monoisotopic (exact) mass is 410 g/mol. The van der Waals surface area contributed by atoms with Crippen molar-refractivity contribution < 1.29 is 34.1 Å². The van der Waals surface area contributed by atoms with Crippen LogP contribution in [-0.2, 0) is 19.2 Å². The van der Waals surface area contributed by atoms with E-state index in [2.05, 4.69) is 0 Å². The smallest absolute Gasteiger partial charge is 0.375 e. The van der Waals surface area contributed by atoms with Gasteiger partial charge < -0.3 is 5.11 Å². The molecule has 0 aromatic carbocycles. The lowest BCUT2D eigenvalue weighted by Crippen LogP contribution is -2.58. The first-order valence-corrected chi connectivity index (χ1v) is 9.50. The summed E-state index contributed by atoms with van der Waals surface area (Å²) in [4.78, 5) is 54.0. The predicted molar refractivity (Wildman–Crippen MR) is 98.6 cm³/mol. The van der Waals surface area contributed by atoms with Gasteiger partial charge >= 0.3 is 23.7 Å². The molecule has 0 bridgehead atoms. The number of likely N-dealkylation sites (tertiary alicyclic amines) is 1. The van der Waals surface area contributed by atoms with E-state index in [0.29, 0.717) is 52.4 Å². The number of hydrogen-bond donors (Lipinski definition) is 2. The largest absolute Gasteiger partial charge is 0.480 e. The van der Waals surface area contributed by atoms with E-state index >= 15 is 0 Å². The molecule has 2 fully saturated rings. The zero-order chi connectivity index (χ0) is 21.6.